The number of nitrogens with zero attached hydrogens (tertiary/aromatic N) is 5. The topological polar surface area (TPSA) is 113 Å². The number of fused-ring (bicyclic) bond motifs is 1. The van der Waals surface area contributed by atoms with Crippen molar-refractivity contribution in [2.45, 2.75) is 51.5 Å². The van der Waals surface area contributed by atoms with E-state index in [1.165, 1.54) is 4.57 Å². The molecule has 0 bridgehead atoms. The molecule has 2 amide bonds. The van der Waals surface area contributed by atoms with Crippen LogP contribution in [-0.2, 0) is 19.6 Å². The summed E-state index contributed by atoms with van der Waals surface area (Å²) in [5, 5.41) is 7.83. The highest BCUT2D eigenvalue weighted by Gasteiger charge is 2.35. The third-order valence-corrected chi connectivity index (χ3v) is 9.81. The molecule has 0 radical (unpaired) electrons. The molecule has 1 saturated carbocycles. The quantitative estimate of drug-likeness (QED) is 0.206. The minimum Gasteiger partial charge on any atom is -0.493 e. The van der Waals surface area contributed by atoms with Crippen LogP contribution in [0.4, 0.5) is 0 Å². The molecule has 11 nitrogen and oxygen atoms in total. The summed E-state index contributed by atoms with van der Waals surface area (Å²) in [6.07, 6.45) is 5.63. The van der Waals surface area contributed by atoms with Crippen LogP contribution in [0.1, 0.15) is 51.9 Å². The molecule has 0 unspecified atom stereocenters. The van der Waals surface area contributed by atoms with E-state index in [4.69, 9.17) is 21.1 Å². The van der Waals surface area contributed by atoms with E-state index in [1.54, 1.807) is 64.0 Å². The Morgan fingerprint density at radius 2 is 1.83 bits per heavy atom. The average Bonchev–Trinajstić information content (AvgIpc) is 3.70. The number of methoxy groups -OCH3 is 1. The van der Waals surface area contributed by atoms with Crippen molar-refractivity contribution in [2.24, 2.45) is 0 Å². The van der Waals surface area contributed by atoms with Gasteiger partial charge in [-0.3, -0.25) is 18.7 Å². The molecule has 1 fully saturated rings. The van der Waals surface area contributed by atoms with Crippen molar-refractivity contribution in [1.82, 2.24) is 29.1 Å². The highest BCUT2D eigenvalue weighted by molar-refractivity contribution is 9.10. The van der Waals surface area contributed by atoms with Gasteiger partial charge in [-0.25, -0.2) is 9.48 Å². The highest BCUT2D eigenvalue weighted by atomic mass is 79.9. The lowest BCUT2D eigenvalue weighted by atomic mass is 10.1. The number of para-hydroxylation sites is 1. The second-order valence-electron chi connectivity index (χ2n) is 11.9. The Balaban J connectivity index is 1.25. The van der Waals surface area contributed by atoms with Crippen LogP contribution >= 0.6 is 27.5 Å². The minimum absolute atomic E-state index is 0.0468. The van der Waals surface area contributed by atoms with Gasteiger partial charge in [0.25, 0.3) is 11.8 Å². The van der Waals surface area contributed by atoms with E-state index in [2.05, 4.69) is 26.3 Å². The predicted octanol–water partition coefficient (Wildman–Crippen LogP) is 5.76. The van der Waals surface area contributed by atoms with Crippen LogP contribution in [0.2, 0.25) is 5.02 Å². The number of rotatable bonds is 9. The fourth-order valence-electron chi connectivity index (χ4n) is 5.89. The molecule has 0 spiro atoms. The maximum atomic E-state index is 14.2. The Bertz CT molecular complexity index is 2080. The molecule has 2 aromatic heterocycles. The normalized spacial score (nSPS) is 15.6. The highest BCUT2D eigenvalue weighted by Crippen LogP contribution is 2.30. The van der Waals surface area contributed by atoms with Crippen molar-refractivity contribution in [1.29, 1.82) is 0 Å². The lowest BCUT2D eigenvalue weighted by Crippen LogP contribution is -2.47. The molecule has 1 atom stereocenters. The van der Waals surface area contributed by atoms with Gasteiger partial charge in [0.1, 0.15) is 11.4 Å². The Hall–Kier alpha value is -4.81. The van der Waals surface area contributed by atoms with E-state index in [9.17, 15) is 14.4 Å². The minimum atomic E-state index is -0.458. The van der Waals surface area contributed by atoms with Crippen molar-refractivity contribution < 1.29 is 19.1 Å². The summed E-state index contributed by atoms with van der Waals surface area (Å²) >= 11 is 9.70. The lowest BCUT2D eigenvalue weighted by Gasteiger charge is -2.34. The van der Waals surface area contributed by atoms with Crippen LogP contribution in [0.5, 0.6) is 11.5 Å². The number of hydrogen-bond acceptors (Lipinski definition) is 6. The van der Waals surface area contributed by atoms with E-state index in [0.717, 1.165) is 24.1 Å². The molecule has 0 saturated heterocycles. The van der Waals surface area contributed by atoms with Crippen molar-refractivity contribution in [2.75, 3.05) is 7.11 Å². The van der Waals surface area contributed by atoms with Gasteiger partial charge < -0.3 is 19.7 Å². The van der Waals surface area contributed by atoms with Gasteiger partial charge in [-0.15, -0.1) is 0 Å². The first-order chi connectivity index (χ1) is 23.2. The summed E-state index contributed by atoms with van der Waals surface area (Å²) in [6, 6.07) is 19.4. The molecular weight excluding hydrogens is 700 g/mol. The summed E-state index contributed by atoms with van der Waals surface area (Å²) in [7, 11) is 1.57. The largest absolute Gasteiger partial charge is 0.493 e. The van der Waals surface area contributed by atoms with E-state index < -0.39 is 5.91 Å². The zero-order valence-electron chi connectivity index (χ0n) is 26.2. The maximum Gasteiger partial charge on any atom is 0.333 e. The number of imidazole rings is 1. The van der Waals surface area contributed by atoms with E-state index in [1.807, 2.05) is 43.3 Å². The average molecular weight is 732 g/mol. The van der Waals surface area contributed by atoms with Crippen LogP contribution in [0.25, 0.3) is 11.4 Å². The van der Waals surface area contributed by atoms with Crippen molar-refractivity contribution in [3.63, 3.8) is 0 Å². The summed E-state index contributed by atoms with van der Waals surface area (Å²) in [5.74, 6) is 0.598. The standard InChI is InChI=1S/C35H32BrClN6O5/c1-21-18-41-31(20-40(21)34(45)22-7-14-28(36)29(37)15-22)32(43(35(41)46)24-8-10-25(11-9-24)48-26-12-13-26)33(44)38-16-23-5-3-4-6-30(23)42-19-27(47-2)17-39-42/h3-11,14-15,17,19,21,26H,12-13,16,18,20H2,1-2H3,(H,38,44)/t21-/m0/s1. The van der Waals surface area contributed by atoms with Crippen molar-refractivity contribution >= 4 is 39.3 Å². The smallest absolute Gasteiger partial charge is 0.333 e. The Morgan fingerprint density at radius 1 is 1.06 bits per heavy atom. The van der Waals surface area contributed by atoms with Crippen LogP contribution in [0.3, 0.4) is 0 Å². The number of ether oxygens (including phenoxy) is 2. The van der Waals surface area contributed by atoms with Crippen molar-refractivity contribution in [3.8, 4) is 22.9 Å². The number of carbonyl (C=O) groups excluding carboxylic acids is 2. The molecule has 2 aliphatic rings. The molecule has 7 rings (SSSR count). The van der Waals surface area contributed by atoms with Gasteiger partial charge in [0.2, 0.25) is 0 Å². The Kier molecular flexibility index (Phi) is 8.61. The molecule has 1 N–H and O–H groups in total. The molecule has 5 aromatic rings. The number of amides is 2. The monoisotopic (exact) mass is 730 g/mol. The van der Waals surface area contributed by atoms with Gasteiger partial charge in [0.15, 0.2) is 5.75 Å². The lowest BCUT2D eigenvalue weighted by molar-refractivity contribution is 0.0610. The predicted molar refractivity (Wildman–Crippen MR) is 183 cm³/mol. The van der Waals surface area contributed by atoms with Gasteiger partial charge in [-0.05, 0) is 89.8 Å². The molecular formula is C35H32BrClN6O5. The van der Waals surface area contributed by atoms with E-state index in [-0.39, 0.29) is 49.1 Å². The first kappa shape index (κ1) is 31.8. The van der Waals surface area contributed by atoms with Gasteiger partial charge >= 0.3 is 5.69 Å². The summed E-state index contributed by atoms with van der Waals surface area (Å²) in [4.78, 5) is 43.8. The summed E-state index contributed by atoms with van der Waals surface area (Å²) in [5.41, 5.74) is 2.74. The molecule has 1 aliphatic carbocycles. The number of halogens is 2. The fraction of sp³-hybridized carbons (Fsp3) is 0.257. The third kappa shape index (κ3) is 6.13. The van der Waals surface area contributed by atoms with E-state index >= 15 is 0 Å². The fourth-order valence-corrected chi connectivity index (χ4v) is 6.32. The molecule has 48 heavy (non-hydrogen) atoms. The number of carbonyl (C=O) groups is 2. The third-order valence-electron chi connectivity index (χ3n) is 8.58. The SMILES string of the molecule is COc1cnn(-c2ccccc2CNC(=O)c2c3n(c(=O)n2-c2ccc(OC4CC4)cc2)C[C@H](C)N(C(=O)c2ccc(Br)c(Cl)c2)C3)c1. The zero-order valence-corrected chi connectivity index (χ0v) is 28.6. The van der Waals surface area contributed by atoms with Crippen LogP contribution < -0.4 is 20.5 Å². The molecule has 1 aliphatic heterocycles. The summed E-state index contributed by atoms with van der Waals surface area (Å²) < 4.78 is 16.6. The van der Waals surface area contributed by atoms with Crippen LogP contribution in [-0.4, -0.2) is 54.9 Å². The molecule has 246 valence electrons. The zero-order chi connectivity index (χ0) is 33.5. The van der Waals surface area contributed by atoms with E-state index in [0.29, 0.717) is 37.9 Å². The first-order valence-corrected chi connectivity index (χ1v) is 16.7. The van der Waals surface area contributed by atoms with Gasteiger partial charge in [-0.2, -0.15) is 5.10 Å². The van der Waals surface area contributed by atoms with Gasteiger partial charge in [-0.1, -0.05) is 29.8 Å². The maximum absolute atomic E-state index is 14.2. The Labute approximate surface area is 289 Å². The van der Waals surface area contributed by atoms with Crippen LogP contribution in [0, 0.1) is 0 Å². The summed E-state index contributed by atoms with van der Waals surface area (Å²) in [6.45, 7) is 2.30. The van der Waals surface area contributed by atoms with Crippen LogP contribution in [0.15, 0.2) is 88.4 Å². The second kappa shape index (κ2) is 13.0. The van der Waals surface area contributed by atoms with Gasteiger partial charge in [0.05, 0.1) is 54.2 Å². The van der Waals surface area contributed by atoms with Crippen molar-refractivity contribution in [3.05, 3.63) is 122 Å². The Morgan fingerprint density at radius 3 is 2.54 bits per heavy atom. The number of hydrogen-bond donors (Lipinski definition) is 1. The number of benzene rings is 3. The van der Waals surface area contributed by atoms with Gasteiger partial charge in [0, 0.05) is 29.2 Å². The molecule has 3 aromatic carbocycles. The number of aromatic nitrogens is 4. The molecule has 13 heteroatoms. The molecule has 3 heterocycles. The first-order valence-electron chi connectivity index (χ1n) is 15.5. The second-order valence-corrected chi connectivity index (χ2v) is 13.1. The number of nitrogens with one attached hydrogen (secondary N) is 1.